The summed E-state index contributed by atoms with van der Waals surface area (Å²) in [6.07, 6.45) is 0.203. The minimum atomic E-state index is -0.0833. The van der Waals surface area contributed by atoms with Crippen molar-refractivity contribution in [3.63, 3.8) is 0 Å². The van der Waals surface area contributed by atoms with Crippen LogP contribution in [0.1, 0.15) is 6.92 Å². The third-order valence-corrected chi connectivity index (χ3v) is 2.57. The largest absolute Gasteiger partial charge is 0.504 e. The van der Waals surface area contributed by atoms with E-state index < -0.39 is 0 Å². The van der Waals surface area contributed by atoms with Gasteiger partial charge in [0.25, 0.3) is 0 Å². The molecular weight excluding hydrogens is 194 g/mol. The highest BCUT2D eigenvalue weighted by Gasteiger charge is 2.17. The lowest BCUT2D eigenvalue weighted by Crippen LogP contribution is -2.41. The van der Waals surface area contributed by atoms with Gasteiger partial charge in [-0.3, -0.25) is 0 Å². The quantitative estimate of drug-likeness (QED) is 0.685. The number of phenols is 2. The van der Waals surface area contributed by atoms with E-state index in [1.807, 2.05) is 6.92 Å². The summed E-state index contributed by atoms with van der Waals surface area (Å²) in [5, 5.41) is 18.6. The maximum absolute atomic E-state index is 9.39. The van der Waals surface area contributed by atoms with Crippen molar-refractivity contribution in [1.82, 2.24) is 0 Å². The van der Waals surface area contributed by atoms with E-state index in [2.05, 4.69) is 4.90 Å². The number of morpholine rings is 1. The predicted octanol–water partition coefficient (Wildman–Crippen LogP) is 1.32. The standard InChI is InChI=1S/C11H15NO3/c1-8-7-12(4-5-15-8)9-2-3-10(13)11(14)6-9/h2-3,6,8,13-14H,4-5,7H2,1H3. The van der Waals surface area contributed by atoms with Crippen LogP contribution in [0, 0.1) is 0 Å². The van der Waals surface area contributed by atoms with Crippen molar-refractivity contribution in [2.24, 2.45) is 0 Å². The molecule has 2 N–H and O–H groups in total. The van der Waals surface area contributed by atoms with Gasteiger partial charge in [0.05, 0.1) is 12.7 Å². The van der Waals surface area contributed by atoms with Crippen molar-refractivity contribution in [2.75, 3.05) is 24.6 Å². The minimum absolute atomic E-state index is 0.0772. The molecule has 1 atom stereocenters. The monoisotopic (exact) mass is 209 g/mol. The molecule has 1 unspecified atom stereocenters. The fourth-order valence-corrected chi connectivity index (χ4v) is 1.76. The Labute approximate surface area is 88.7 Å². The maximum Gasteiger partial charge on any atom is 0.159 e. The molecule has 1 fully saturated rings. The lowest BCUT2D eigenvalue weighted by molar-refractivity contribution is 0.0532. The molecule has 1 aliphatic heterocycles. The van der Waals surface area contributed by atoms with Gasteiger partial charge in [0.1, 0.15) is 0 Å². The van der Waals surface area contributed by atoms with Gasteiger partial charge >= 0.3 is 0 Å². The summed E-state index contributed by atoms with van der Waals surface area (Å²) in [4.78, 5) is 2.13. The Morgan fingerprint density at radius 3 is 2.80 bits per heavy atom. The van der Waals surface area contributed by atoms with Crippen LogP contribution in [0.2, 0.25) is 0 Å². The highest BCUT2D eigenvalue weighted by atomic mass is 16.5. The number of benzene rings is 1. The van der Waals surface area contributed by atoms with Gasteiger partial charge in [0.15, 0.2) is 11.5 Å². The van der Waals surface area contributed by atoms with Crippen LogP contribution in [0.25, 0.3) is 0 Å². The Morgan fingerprint density at radius 2 is 2.13 bits per heavy atom. The van der Waals surface area contributed by atoms with Crippen molar-refractivity contribution in [1.29, 1.82) is 0 Å². The second-order valence-corrected chi connectivity index (χ2v) is 3.80. The Kier molecular flexibility index (Phi) is 2.68. The number of nitrogens with zero attached hydrogens (tertiary/aromatic N) is 1. The average molecular weight is 209 g/mol. The van der Waals surface area contributed by atoms with E-state index in [4.69, 9.17) is 4.74 Å². The van der Waals surface area contributed by atoms with Gasteiger partial charge in [-0.2, -0.15) is 0 Å². The van der Waals surface area contributed by atoms with Crippen LogP contribution < -0.4 is 4.90 Å². The van der Waals surface area contributed by atoms with Crippen molar-refractivity contribution in [2.45, 2.75) is 13.0 Å². The molecule has 0 aromatic heterocycles. The third-order valence-electron chi connectivity index (χ3n) is 2.57. The summed E-state index contributed by atoms with van der Waals surface area (Å²) in [6.45, 7) is 4.34. The zero-order valence-corrected chi connectivity index (χ0v) is 8.68. The highest BCUT2D eigenvalue weighted by molar-refractivity contribution is 5.55. The lowest BCUT2D eigenvalue weighted by Gasteiger charge is -2.32. The number of phenolic OH excluding ortho intramolecular Hbond substituents is 2. The van der Waals surface area contributed by atoms with Gasteiger partial charge in [-0.25, -0.2) is 0 Å². The topological polar surface area (TPSA) is 52.9 Å². The van der Waals surface area contributed by atoms with E-state index in [1.54, 1.807) is 12.1 Å². The van der Waals surface area contributed by atoms with Crippen LogP contribution in [0.15, 0.2) is 18.2 Å². The van der Waals surface area contributed by atoms with Crippen LogP contribution in [-0.4, -0.2) is 36.0 Å². The third kappa shape index (κ3) is 2.15. The molecule has 0 spiro atoms. The Balaban J connectivity index is 2.18. The predicted molar refractivity (Wildman–Crippen MR) is 57.4 cm³/mol. The van der Waals surface area contributed by atoms with Gasteiger partial charge < -0.3 is 19.8 Å². The summed E-state index contributed by atoms with van der Waals surface area (Å²) in [7, 11) is 0. The fraction of sp³-hybridized carbons (Fsp3) is 0.455. The average Bonchev–Trinajstić information content (AvgIpc) is 2.22. The molecule has 1 heterocycles. The minimum Gasteiger partial charge on any atom is -0.504 e. The van der Waals surface area contributed by atoms with Gasteiger partial charge in [-0.05, 0) is 19.1 Å². The van der Waals surface area contributed by atoms with E-state index >= 15 is 0 Å². The SMILES string of the molecule is CC1CN(c2ccc(O)c(O)c2)CCO1. The van der Waals surface area contributed by atoms with E-state index in [1.165, 1.54) is 6.07 Å². The van der Waals surface area contributed by atoms with E-state index in [0.29, 0.717) is 6.61 Å². The Hall–Kier alpha value is -1.42. The second-order valence-electron chi connectivity index (χ2n) is 3.80. The number of ether oxygens (including phenoxy) is 1. The van der Waals surface area contributed by atoms with Gasteiger partial charge in [-0.1, -0.05) is 0 Å². The molecule has 1 saturated heterocycles. The zero-order valence-electron chi connectivity index (χ0n) is 8.68. The second kappa shape index (κ2) is 3.98. The van der Waals surface area contributed by atoms with Crippen molar-refractivity contribution < 1.29 is 14.9 Å². The molecule has 0 aliphatic carbocycles. The van der Waals surface area contributed by atoms with Gasteiger partial charge in [0.2, 0.25) is 0 Å². The molecule has 0 saturated carbocycles. The molecule has 1 aromatic rings. The molecule has 0 radical (unpaired) electrons. The molecular formula is C11H15NO3. The maximum atomic E-state index is 9.39. The van der Waals surface area contributed by atoms with Crippen molar-refractivity contribution in [3.05, 3.63) is 18.2 Å². The van der Waals surface area contributed by atoms with Crippen LogP contribution >= 0.6 is 0 Å². The molecule has 15 heavy (non-hydrogen) atoms. The van der Waals surface area contributed by atoms with Crippen LogP contribution in [0.4, 0.5) is 5.69 Å². The highest BCUT2D eigenvalue weighted by Crippen LogP contribution is 2.30. The van der Waals surface area contributed by atoms with Gasteiger partial charge in [-0.15, -0.1) is 0 Å². The molecule has 2 rings (SSSR count). The molecule has 1 aromatic carbocycles. The van der Waals surface area contributed by atoms with Crippen LogP contribution in [0.3, 0.4) is 0 Å². The normalized spacial score (nSPS) is 21.7. The Bertz CT molecular complexity index is 354. The first kappa shape index (κ1) is 10.1. The summed E-state index contributed by atoms with van der Waals surface area (Å²) in [5.41, 5.74) is 0.917. The first-order chi connectivity index (χ1) is 7.16. The van der Waals surface area contributed by atoms with Crippen molar-refractivity contribution in [3.8, 4) is 11.5 Å². The van der Waals surface area contributed by atoms with E-state index in [0.717, 1.165) is 18.8 Å². The molecule has 0 amide bonds. The van der Waals surface area contributed by atoms with Crippen LogP contribution in [0.5, 0.6) is 11.5 Å². The molecule has 0 bridgehead atoms. The summed E-state index contributed by atoms with van der Waals surface area (Å²) in [6, 6.07) is 4.88. The first-order valence-electron chi connectivity index (χ1n) is 5.05. The number of hydrogen-bond donors (Lipinski definition) is 2. The number of anilines is 1. The van der Waals surface area contributed by atoms with Crippen molar-refractivity contribution >= 4 is 5.69 Å². The summed E-state index contributed by atoms with van der Waals surface area (Å²) >= 11 is 0. The number of rotatable bonds is 1. The molecule has 1 aliphatic rings. The molecule has 4 nitrogen and oxygen atoms in total. The van der Waals surface area contributed by atoms with Gasteiger partial charge in [0, 0.05) is 24.8 Å². The van der Waals surface area contributed by atoms with E-state index in [-0.39, 0.29) is 17.6 Å². The van der Waals surface area contributed by atoms with E-state index in [9.17, 15) is 10.2 Å². The fourth-order valence-electron chi connectivity index (χ4n) is 1.76. The lowest BCUT2D eigenvalue weighted by atomic mass is 10.2. The molecule has 82 valence electrons. The van der Waals surface area contributed by atoms with Crippen LogP contribution in [-0.2, 0) is 4.74 Å². The number of aromatic hydroxyl groups is 2. The number of hydrogen-bond acceptors (Lipinski definition) is 4. The summed E-state index contributed by atoms with van der Waals surface area (Å²) in [5.74, 6) is -0.160. The Morgan fingerprint density at radius 1 is 1.33 bits per heavy atom. The summed E-state index contributed by atoms with van der Waals surface area (Å²) < 4.78 is 5.43. The smallest absolute Gasteiger partial charge is 0.159 e. The molecule has 4 heteroatoms. The first-order valence-corrected chi connectivity index (χ1v) is 5.05. The zero-order chi connectivity index (χ0) is 10.8.